The van der Waals surface area contributed by atoms with E-state index in [-0.39, 0.29) is 17.7 Å². The molecular formula is C22H25BrN2O2. The number of hydrogen-bond donors (Lipinski definition) is 1. The SMILES string of the molecule is CC(C)CC(=O)N1Cc2ccccc2CC1C(=O)NCc1cccc(Br)c1. The highest BCUT2D eigenvalue weighted by Gasteiger charge is 2.34. The normalized spacial score (nSPS) is 16.1. The number of carbonyl (C=O) groups excluding carboxylic acids is 2. The van der Waals surface area contributed by atoms with E-state index in [1.165, 1.54) is 0 Å². The van der Waals surface area contributed by atoms with Crippen LogP contribution in [-0.2, 0) is 29.1 Å². The van der Waals surface area contributed by atoms with Crippen molar-refractivity contribution in [1.29, 1.82) is 0 Å². The Kier molecular flexibility index (Phi) is 6.32. The van der Waals surface area contributed by atoms with Crippen LogP contribution in [-0.4, -0.2) is 22.8 Å². The molecule has 0 aromatic heterocycles. The van der Waals surface area contributed by atoms with Crippen LogP contribution in [0, 0.1) is 5.92 Å². The molecule has 1 N–H and O–H groups in total. The third-order valence-corrected chi connectivity index (χ3v) is 5.30. The Labute approximate surface area is 169 Å². The second-order valence-electron chi connectivity index (χ2n) is 7.46. The summed E-state index contributed by atoms with van der Waals surface area (Å²) in [4.78, 5) is 27.5. The lowest BCUT2D eigenvalue weighted by Gasteiger charge is -2.36. The lowest BCUT2D eigenvalue weighted by molar-refractivity contribution is -0.142. The molecule has 1 heterocycles. The van der Waals surface area contributed by atoms with E-state index >= 15 is 0 Å². The molecule has 0 spiro atoms. The Morgan fingerprint density at radius 1 is 1.15 bits per heavy atom. The van der Waals surface area contributed by atoms with Gasteiger partial charge in [-0.25, -0.2) is 0 Å². The van der Waals surface area contributed by atoms with E-state index in [4.69, 9.17) is 0 Å². The van der Waals surface area contributed by atoms with E-state index in [2.05, 4.69) is 21.2 Å². The molecule has 1 aliphatic rings. The lowest BCUT2D eigenvalue weighted by atomic mass is 9.92. The summed E-state index contributed by atoms with van der Waals surface area (Å²) in [5.41, 5.74) is 3.30. The summed E-state index contributed by atoms with van der Waals surface area (Å²) in [5, 5.41) is 3.01. The summed E-state index contributed by atoms with van der Waals surface area (Å²) < 4.78 is 0.981. The van der Waals surface area contributed by atoms with Gasteiger partial charge in [0, 0.05) is 30.4 Å². The Bertz CT molecular complexity index is 835. The van der Waals surface area contributed by atoms with Crippen LogP contribution in [0.25, 0.3) is 0 Å². The van der Waals surface area contributed by atoms with Gasteiger partial charge in [0.15, 0.2) is 0 Å². The lowest BCUT2D eigenvalue weighted by Crippen LogP contribution is -2.52. The highest BCUT2D eigenvalue weighted by Crippen LogP contribution is 2.25. The summed E-state index contributed by atoms with van der Waals surface area (Å²) in [6.45, 7) is 5.00. The number of amides is 2. The maximum absolute atomic E-state index is 13.0. The van der Waals surface area contributed by atoms with E-state index in [0.29, 0.717) is 25.9 Å². The van der Waals surface area contributed by atoms with Crippen molar-refractivity contribution in [2.75, 3.05) is 0 Å². The van der Waals surface area contributed by atoms with Crippen molar-refractivity contribution in [1.82, 2.24) is 10.2 Å². The van der Waals surface area contributed by atoms with E-state index in [9.17, 15) is 9.59 Å². The molecule has 5 heteroatoms. The molecule has 3 rings (SSSR count). The minimum Gasteiger partial charge on any atom is -0.350 e. The molecule has 2 amide bonds. The van der Waals surface area contributed by atoms with Gasteiger partial charge in [0.05, 0.1) is 0 Å². The number of fused-ring (bicyclic) bond motifs is 1. The third kappa shape index (κ3) is 4.98. The predicted octanol–water partition coefficient (Wildman–Crippen LogP) is 4.06. The Balaban J connectivity index is 1.76. The number of carbonyl (C=O) groups is 2. The van der Waals surface area contributed by atoms with Gasteiger partial charge in [0.25, 0.3) is 0 Å². The van der Waals surface area contributed by atoms with Gasteiger partial charge in [-0.3, -0.25) is 9.59 Å². The minimum atomic E-state index is -0.460. The Hall–Kier alpha value is -2.14. The zero-order chi connectivity index (χ0) is 19.4. The van der Waals surface area contributed by atoms with Crippen molar-refractivity contribution in [3.63, 3.8) is 0 Å². The van der Waals surface area contributed by atoms with Crippen LogP contribution < -0.4 is 5.32 Å². The van der Waals surface area contributed by atoms with Gasteiger partial charge in [-0.1, -0.05) is 66.2 Å². The molecular weight excluding hydrogens is 404 g/mol. The number of hydrogen-bond acceptors (Lipinski definition) is 2. The van der Waals surface area contributed by atoms with Crippen LogP contribution >= 0.6 is 15.9 Å². The number of nitrogens with one attached hydrogen (secondary N) is 1. The van der Waals surface area contributed by atoms with Crippen LogP contribution in [0.4, 0.5) is 0 Å². The smallest absolute Gasteiger partial charge is 0.243 e. The molecule has 0 saturated carbocycles. The van der Waals surface area contributed by atoms with Crippen molar-refractivity contribution in [2.24, 2.45) is 5.92 Å². The second kappa shape index (κ2) is 8.70. The van der Waals surface area contributed by atoms with Crippen molar-refractivity contribution >= 4 is 27.7 Å². The van der Waals surface area contributed by atoms with Gasteiger partial charge in [0.1, 0.15) is 6.04 Å². The summed E-state index contributed by atoms with van der Waals surface area (Å²) in [6.07, 6.45) is 1.02. The maximum Gasteiger partial charge on any atom is 0.243 e. The van der Waals surface area contributed by atoms with E-state index in [0.717, 1.165) is 21.2 Å². The first kappa shape index (κ1) is 19.6. The monoisotopic (exact) mass is 428 g/mol. The molecule has 0 aliphatic carbocycles. The van der Waals surface area contributed by atoms with Gasteiger partial charge >= 0.3 is 0 Å². The molecule has 0 saturated heterocycles. The fourth-order valence-corrected chi connectivity index (χ4v) is 3.89. The van der Waals surface area contributed by atoms with E-state index in [1.54, 1.807) is 4.90 Å². The van der Waals surface area contributed by atoms with Gasteiger partial charge in [-0.15, -0.1) is 0 Å². The van der Waals surface area contributed by atoms with Gasteiger partial charge in [-0.05, 0) is 34.7 Å². The maximum atomic E-state index is 13.0. The van der Waals surface area contributed by atoms with E-state index < -0.39 is 6.04 Å². The number of benzene rings is 2. The van der Waals surface area contributed by atoms with E-state index in [1.807, 2.05) is 62.4 Å². The highest BCUT2D eigenvalue weighted by molar-refractivity contribution is 9.10. The highest BCUT2D eigenvalue weighted by atomic mass is 79.9. The summed E-state index contributed by atoms with van der Waals surface area (Å²) >= 11 is 3.45. The largest absolute Gasteiger partial charge is 0.350 e. The molecule has 27 heavy (non-hydrogen) atoms. The van der Waals surface area contributed by atoms with Crippen LogP contribution in [0.5, 0.6) is 0 Å². The topological polar surface area (TPSA) is 49.4 Å². The first-order chi connectivity index (χ1) is 12.9. The molecule has 1 atom stereocenters. The van der Waals surface area contributed by atoms with Gasteiger partial charge in [0.2, 0.25) is 11.8 Å². The molecule has 2 aromatic rings. The molecule has 2 aromatic carbocycles. The van der Waals surface area contributed by atoms with Gasteiger partial charge in [-0.2, -0.15) is 0 Å². The Morgan fingerprint density at radius 2 is 1.89 bits per heavy atom. The number of halogens is 1. The molecule has 0 fully saturated rings. The fraction of sp³-hybridized carbons (Fsp3) is 0.364. The zero-order valence-corrected chi connectivity index (χ0v) is 17.3. The minimum absolute atomic E-state index is 0.0436. The van der Waals surface area contributed by atoms with Gasteiger partial charge < -0.3 is 10.2 Å². The van der Waals surface area contributed by atoms with Crippen LogP contribution in [0.3, 0.4) is 0 Å². The Morgan fingerprint density at radius 3 is 2.59 bits per heavy atom. The standard InChI is InChI=1S/C22H25BrN2O2/c1-15(2)10-21(26)25-14-18-8-4-3-7-17(18)12-20(25)22(27)24-13-16-6-5-9-19(23)11-16/h3-9,11,15,20H,10,12-14H2,1-2H3,(H,24,27). The zero-order valence-electron chi connectivity index (χ0n) is 15.7. The second-order valence-corrected chi connectivity index (χ2v) is 8.37. The summed E-state index contributed by atoms with van der Waals surface area (Å²) in [5.74, 6) is 0.212. The van der Waals surface area contributed by atoms with Crippen molar-refractivity contribution in [3.05, 3.63) is 69.7 Å². The fourth-order valence-electron chi connectivity index (χ4n) is 3.44. The summed E-state index contributed by atoms with van der Waals surface area (Å²) in [6, 6.07) is 15.5. The quantitative estimate of drug-likeness (QED) is 0.779. The molecule has 142 valence electrons. The van der Waals surface area contributed by atoms with Crippen LogP contribution in [0.15, 0.2) is 53.0 Å². The molecule has 1 aliphatic heterocycles. The summed E-state index contributed by atoms with van der Waals surface area (Å²) in [7, 11) is 0. The first-order valence-corrected chi connectivity index (χ1v) is 10.1. The molecule has 0 bridgehead atoms. The number of nitrogens with zero attached hydrogens (tertiary/aromatic N) is 1. The van der Waals surface area contributed by atoms with Crippen LogP contribution in [0.1, 0.15) is 37.0 Å². The third-order valence-electron chi connectivity index (χ3n) is 4.81. The van der Waals surface area contributed by atoms with Crippen molar-refractivity contribution < 1.29 is 9.59 Å². The number of rotatable bonds is 5. The molecule has 1 unspecified atom stereocenters. The predicted molar refractivity (Wildman–Crippen MR) is 110 cm³/mol. The average molecular weight is 429 g/mol. The van der Waals surface area contributed by atoms with Crippen molar-refractivity contribution in [3.8, 4) is 0 Å². The van der Waals surface area contributed by atoms with Crippen molar-refractivity contribution in [2.45, 2.75) is 45.8 Å². The molecule has 0 radical (unpaired) electrons. The average Bonchev–Trinajstić information content (AvgIpc) is 2.64. The molecule has 4 nitrogen and oxygen atoms in total. The first-order valence-electron chi connectivity index (χ1n) is 9.32. The van der Waals surface area contributed by atoms with Crippen LogP contribution in [0.2, 0.25) is 0 Å².